The van der Waals surface area contributed by atoms with Crippen LogP contribution in [0.4, 0.5) is 11.4 Å². The number of hydrogen-bond acceptors (Lipinski definition) is 10. The summed E-state index contributed by atoms with van der Waals surface area (Å²) in [4.78, 5) is 48.1. The first-order chi connectivity index (χ1) is 33.5. The number of aliphatic imine (C=N–C) groups is 2. The Morgan fingerprint density at radius 3 is 0.855 bits per heavy atom. The van der Waals surface area contributed by atoms with Crippen molar-refractivity contribution in [3.63, 3.8) is 0 Å². The van der Waals surface area contributed by atoms with Crippen molar-refractivity contribution in [2.75, 3.05) is 0 Å². The number of hydrogen-bond donors (Lipinski definition) is 2. The summed E-state index contributed by atoms with van der Waals surface area (Å²) in [6, 6.07) is 51.4. The van der Waals surface area contributed by atoms with Crippen molar-refractivity contribution in [3.8, 4) is 45.6 Å². The molecule has 0 saturated carbocycles. The van der Waals surface area contributed by atoms with Crippen LogP contribution in [0, 0.1) is 10.8 Å². The van der Waals surface area contributed by atoms with Crippen molar-refractivity contribution < 1.29 is 19.5 Å². The first kappa shape index (κ1) is 43.8. The Morgan fingerprint density at radius 2 is 0.565 bits per heavy atom. The van der Waals surface area contributed by atoms with E-state index < -0.39 is 0 Å². The van der Waals surface area contributed by atoms with Crippen LogP contribution in [-0.4, -0.2) is 52.8 Å². The zero-order valence-electron chi connectivity index (χ0n) is 36.5. The minimum Gasteiger partial charge on any atom is -0.357 e. The molecule has 0 atom stereocenters. The molecule has 8 bridgehead atoms. The van der Waals surface area contributed by atoms with Crippen LogP contribution in [-0.2, 0) is 19.5 Å². The molecule has 0 fully saturated rings. The molecular formula is C56H36N12Ru. The van der Waals surface area contributed by atoms with Crippen molar-refractivity contribution in [1.29, 1.82) is 10.8 Å². The molecule has 328 valence electrons. The Balaban J connectivity index is 0.000000156. The van der Waals surface area contributed by atoms with Crippen molar-refractivity contribution in [1.82, 2.24) is 39.9 Å². The Bertz CT molecular complexity index is 3400. The maximum Gasteiger partial charge on any atom is 2.00 e. The van der Waals surface area contributed by atoms with Crippen LogP contribution in [0.5, 0.6) is 0 Å². The second kappa shape index (κ2) is 19.4. The average Bonchev–Trinajstić information content (AvgIpc) is 4.12. The fourth-order valence-corrected chi connectivity index (χ4v) is 7.83. The molecule has 6 aromatic carbocycles. The third-order valence-corrected chi connectivity index (χ3v) is 11.1. The van der Waals surface area contributed by atoms with Crippen LogP contribution >= 0.6 is 0 Å². The standard InChI is InChI=1S/C32H16N8.2C12H10N2.Ru/c1-2-10-18-17(9-1)25-33-26(18)38-28-21-13-5-6-14-22(21)30(35-28)40-32-24-16-8-7-15-23(24)31(36-32)39-29-20-12-4-3-11-19(20)27(34-29)37-25;2*13-10-6-8-12(9-7-10)14-11-4-2-1-3-5-11;/h1-16H;2*1-9,13H;/q-2;;;+2. The van der Waals surface area contributed by atoms with Crippen molar-refractivity contribution in [2.45, 2.75) is 0 Å². The summed E-state index contributed by atoms with van der Waals surface area (Å²) >= 11 is 0. The molecule has 5 heterocycles. The fraction of sp³-hybridized carbons (Fsp3) is 0. The van der Waals surface area contributed by atoms with Crippen LogP contribution in [0.15, 0.2) is 216 Å². The number of allylic oxidation sites excluding steroid dienone is 8. The molecule has 9 aromatic rings. The number of aromatic nitrogens is 8. The third-order valence-electron chi connectivity index (χ3n) is 11.1. The molecular weight excluding hydrogens is 942 g/mol. The Kier molecular flexibility index (Phi) is 12.3. The summed E-state index contributed by atoms with van der Waals surface area (Å²) in [6.07, 6.45) is 14.3. The predicted octanol–water partition coefficient (Wildman–Crippen LogP) is 11.9. The smallest absolute Gasteiger partial charge is 0.357 e. The maximum atomic E-state index is 7.33. The molecule has 0 amide bonds. The number of rotatable bonds is 2. The molecule has 2 aliphatic carbocycles. The van der Waals surface area contributed by atoms with Crippen molar-refractivity contribution in [3.05, 3.63) is 206 Å². The minimum absolute atomic E-state index is 0. The Labute approximate surface area is 408 Å². The average molecular weight is 978 g/mol. The molecule has 13 rings (SSSR count). The van der Waals surface area contributed by atoms with Crippen LogP contribution < -0.4 is 9.97 Å². The molecule has 0 radical (unpaired) electrons. The molecule has 69 heavy (non-hydrogen) atoms. The molecule has 0 saturated heterocycles. The van der Waals surface area contributed by atoms with Gasteiger partial charge in [0.2, 0.25) is 0 Å². The van der Waals surface area contributed by atoms with Gasteiger partial charge >= 0.3 is 19.5 Å². The van der Waals surface area contributed by atoms with Gasteiger partial charge in [0.15, 0.2) is 0 Å². The Morgan fingerprint density at radius 1 is 0.304 bits per heavy atom. The van der Waals surface area contributed by atoms with Gasteiger partial charge in [-0.2, -0.15) is 0 Å². The van der Waals surface area contributed by atoms with E-state index in [9.17, 15) is 0 Å². The van der Waals surface area contributed by atoms with E-state index in [4.69, 9.17) is 50.7 Å². The van der Waals surface area contributed by atoms with E-state index in [1.165, 1.54) is 0 Å². The van der Waals surface area contributed by atoms with E-state index in [1.807, 2.05) is 182 Å². The van der Waals surface area contributed by atoms with Gasteiger partial charge in [-0.3, -0.25) is 0 Å². The van der Waals surface area contributed by atoms with Crippen LogP contribution in [0.2, 0.25) is 0 Å². The van der Waals surface area contributed by atoms with Crippen molar-refractivity contribution >= 4 is 78.4 Å². The second-order valence-electron chi connectivity index (χ2n) is 15.7. The number of benzene rings is 6. The van der Waals surface area contributed by atoms with Gasteiger partial charge < -0.3 is 40.7 Å². The molecule has 3 aromatic heterocycles. The van der Waals surface area contributed by atoms with Gasteiger partial charge in [0.1, 0.15) is 0 Å². The van der Waals surface area contributed by atoms with E-state index in [0.717, 1.165) is 66.6 Å². The summed E-state index contributed by atoms with van der Waals surface area (Å²) < 4.78 is 0. The number of nitrogens with zero attached hydrogens (tertiary/aromatic N) is 10. The molecule has 4 aliphatic rings. The molecule has 2 N–H and O–H groups in total. The van der Waals surface area contributed by atoms with Gasteiger partial charge in [0.05, 0.1) is 57.5 Å². The Hall–Kier alpha value is -9.06. The van der Waals surface area contributed by atoms with E-state index in [0.29, 0.717) is 57.3 Å². The quantitative estimate of drug-likeness (QED) is 0.127. The van der Waals surface area contributed by atoms with Gasteiger partial charge in [-0.1, -0.05) is 133 Å². The monoisotopic (exact) mass is 978 g/mol. The molecule has 0 spiro atoms. The van der Waals surface area contributed by atoms with Crippen LogP contribution in [0.25, 0.3) is 89.7 Å². The third kappa shape index (κ3) is 9.35. The summed E-state index contributed by atoms with van der Waals surface area (Å²) in [5.41, 5.74) is 10.4. The number of nitrogens with one attached hydrogen (secondary N) is 2. The van der Waals surface area contributed by atoms with Gasteiger partial charge in [0.25, 0.3) is 0 Å². The SMILES string of the molecule is N=C1C=CC(=Nc2ccccc2)C=C1.N=C1C=CC(=Nc2ccccc2)C=C1.[Ru+2].c1ccc2c(c1)-c1nc-2nc2[n-]c(nc3nc(nc4[n-]c(n1)c1ccccc41)-c1ccccc1-3)c1ccccc21. The fourth-order valence-electron chi connectivity index (χ4n) is 7.83. The zero-order chi connectivity index (χ0) is 45.8. The molecule has 12 nitrogen and oxygen atoms in total. The summed E-state index contributed by atoms with van der Waals surface area (Å²) in [6.45, 7) is 0. The molecule has 2 aliphatic heterocycles. The van der Waals surface area contributed by atoms with E-state index in [1.54, 1.807) is 24.3 Å². The predicted molar refractivity (Wildman–Crippen MR) is 273 cm³/mol. The van der Waals surface area contributed by atoms with E-state index in [-0.39, 0.29) is 19.5 Å². The number of fused-ring (bicyclic) bond motifs is 20. The van der Waals surface area contributed by atoms with Gasteiger partial charge in [-0.05, 0) is 94.4 Å². The van der Waals surface area contributed by atoms with Gasteiger partial charge in [-0.25, -0.2) is 20.0 Å². The summed E-state index contributed by atoms with van der Waals surface area (Å²) in [5.74, 6) is 2.21. The first-order valence-corrected chi connectivity index (χ1v) is 21.7. The van der Waals surface area contributed by atoms with Crippen LogP contribution in [0.3, 0.4) is 0 Å². The van der Waals surface area contributed by atoms with Crippen molar-refractivity contribution in [2.24, 2.45) is 9.98 Å². The minimum atomic E-state index is 0. The van der Waals surface area contributed by atoms with Gasteiger partial charge in [-0.15, -0.1) is 0 Å². The van der Waals surface area contributed by atoms with Crippen LogP contribution in [0.1, 0.15) is 0 Å². The maximum absolute atomic E-state index is 7.33. The summed E-state index contributed by atoms with van der Waals surface area (Å²) in [7, 11) is 0. The van der Waals surface area contributed by atoms with E-state index >= 15 is 0 Å². The second-order valence-corrected chi connectivity index (χ2v) is 15.7. The van der Waals surface area contributed by atoms with E-state index in [2.05, 4.69) is 9.98 Å². The number of para-hydroxylation sites is 2. The topological polar surface area (TPSA) is 178 Å². The zero-order valence-corrected chi connectivity index (χ0v) is 38.2. The largest absolute Gasteiger partial charge is 2.00 e. The van der Waals surface area contributed by atoms with Gasteiger partial charge in [0, 0.05) is 44.8 Å². The normalized spacial score (nSPS) is 12.9. The summed E-state index contributed by atoms with van der Waals surface area (Å²) in [5, 5.41) is 18.2. The molecule has 13 heteroatoms. The molecule has 0 unspecified atom stereocenters. The first-order valence-electron chi connectivity index (χ1n) is 21.7.